The zero-order valence-electron chi connectivity index (χ0n) is 12.0. The molecule has 5 heteroatoms. The molecule has 1 unspecified atom stereocenters. The van der Waals surface area contributed by atoms with Crippen molar-refractivity contribution in [3.63, 3.8) is 0 Å². The summed E-state index contributed by atoms with van der Waals surface area (Å²) in [6.45, 7) is 4.72. The molecule has 3 nitrogen and oxygen atoms in total. The van der Waals surface area contributed by atoms with Crippen molar-refractivity contribution in [3.05, 3.63) is 38.8 Å². The van der Waals surface area contributed by atoms with Crippen molar-refractivity contribution < 1.29 is 5.11 Å². The van der Waals surface area contributed by atoms with Crippen molar-refractivity contribution in [2.45, 2.75) is 52.2 Å². The first-order valence-corrected chi connectivity index (χ1v) is 8.29. The van der Waals surface area contributed by atoms with Crippen molar-refractivity contribution in [3.8, 4) is 0 Å². The van der Waals surface area contributed by atoms with Crippen molar-refractivity contribution in [1.29, 1.82) is 0 Å². The maximum Gasteiger partial charge on any atom is 0.0848 e. The molecule has 0 amide bonds. The highest BCUT2D eigenvalue weighted by Gasteiger charge is 2.16. The molecule has 0 aliphatic heterocycles. The Morgan fingerprint density at radius 2 is 2.30 bits per heavy atom. The molecule has 0 spiro atoms. The van der Waals surface area contributed by atoms with E-state index in [4.69, 9.17) is 11.6 Å². The predicted molar refractivity (Wildman–Crippen MR) is 84.6 cm³/mol. The lowest BCUT2D eigenvalue weighted by atomic mass is 10.1. The molecule has 2 aromatic rings. The van der Waals surface area contributed by atoms with Crippen molar-refractivity contribution in [1.82, 2.24) is 9.78 Å². The topological polar surface area (TPSA) is 38.0 Å². The Kier molecular flexibility index (Phi) is 5.64. The smallest absolute Gasteiger partial charge is 0.0848 e. The molecule has 20 heavy (non-hydrogen) atoms. The van der Waals surface area contributed by atoms with E-state index in [1.807, 2.05) is 18.5 Å². The lowest BCUT2D eigenvalue weighted by Crippen LogP contribution is -2.14. The lowest BCUT2D eigenvalue weighted by molar-refractivity contribution is 0.159. The molecule has 0 fully saturated rings. The van der Waals surface area contributed by atoms with Crippen molar-refractivity contribution in [2.75, 3.05) is 0 Å². The van der Waals surface area contributed by atoms with Gasteiger partial charge in [0.15, 0.2) is 0 Å². The molecule has 0 saturated heterocycles. The van der Waals surface area contributed by atoms with Gasteiger partial charge in [-0.25, -0.2) is 0 Å². The zero-order chi connectivity index (χ0) is 14.5. The molecular weight excluding hydrogens is 292 g/mol. The van der Waals surface area contributed by atoms with Crippen LogP contribution < -0.4 is 0 Å². The Labute approximate surface area is 129 Å². The molecule has 0 aliphatic rings. The third kappa shape index (κ3) is 3.84. The van der Waals surface area contributed by atoms with Crippen LogP contribution in [0.25, 0.3) is 0 Å². The second-order valence-electron chi connectivity index (χ2n) is 4.99. The van der Waals surface area contributed by atoms with Crippen molar-refractivity contribution >= 4 is 22.9 Å². The molecule has 2 rings (SSSR count). The van der Waals surface area contributed by atoms with Gasteiger partial charge in [-0.2, -0.15) is 5.10 Å². The molecule has 2 aromatic heterocycles. The standard InChI is InChI=1S/C15H21ClN2OS/c1-3-18-14(15(16)11(2)17-18)10-12(19)6-4-7-13-8-5-9-20-13/h5,8-9,12,19H,3-4,6-7,10H2,1-2H3. The zero-order valence-corrected chi connectivity index (χ0v) is 13.5. The molecule has 0 radical (unpaired) electrons. The van der Waals surface area contributed by atoms with E-state index < -0.39 is 0 Å². The monoisotopic (exact) mass is 312 g/mol. The number of hydrogen-bond donors (Lipinski definition) is 1. The van der Waals surface area contributed by atoms with E-state index in [1.165, 1.54) is 4.88 Å². The normalized spacial score (nSPS) is 12.8. The van der Waals surface area contributed by atoms with E-state index in [2.05, 4.69) is 22.6 Å². The lowest BCUT2D eigenvalue weighted by Gasteiger charge is -2.11. The first kappa shape index (κ1) is 15.5. The van der Waals surface area contributed by atoms with Crippen LogP contribution in [0.3, 0.4) is 0 Å². The summed E-state index contributed by atoms with van der Waals surface area (Å²) >= 11 is 8.03. The highest BCUT2D eigenvalue weighted by Crippen LogP contribution is 2.23. The van der Waals surface area contributed by atoms with Crippen LogP contribution in [0, 0.1) is 6.92 Å². The molecule has 110 valence electrons. The maximum absolute atomic E-state index is 10.2. The van der Waals surface area contributed by atoms with Crippen LogP contribution in [-0.2, 0) is 19.4 Å². The van der Waals surface area contributed by atoms with Gasteiger partial charge in [-0.3, -0.25) is 4.68 Å². The molecule has 1 N–H and O–H groups in total. The molecular formula is C15H21ClN2OS. The van der Waals surface area contributed by atoms with Crippen LogP contribution in [0.15, 0.2) is 17.5 Å². The Morgan fingerprint density at radius 1 is 1.50 bits per heavy atom. The second kappa shape index (κ2) is 7.25. The average molecular weight is 313 g/mol. The minimum atomic E-state index is -0.353. The van der Waals surface area contributed by atoms with Gasteiger partial charge in [0.1, 0.15) is 0 Å². The third-order valence-electron chi connectivity index (χ3n) is 3.42. The number of aryl methyl sites for hydroxylation is 3. The van der Waals surface area contributed by atoms with Crippen LogP contribution in [0.4, 0.5) is 0 Å². The summed E-state index contributed by atoms with van der Waals surface area (Å²) in [6.07, 6.45) is 3.06. The highest BCUT2D eigenvalue weighted by molar-refractivity contribution is 7.09. The Hall–Kier alpha value is -0.840. The predicted octanol–water partition coefficient (Wildman–Crippen LogP) is 3.85. The molecule has 0 aromatic carbocycles. The molecule has 2 heterocycles. The molecule has 0 bridgehead atoms. The van der Waals surface area contributed by atoms with Crippen molar-refractivity contribution in [2.24, 2.45) is 0 Å². The minimum absolute atomic E-state index is 0.353. The fourth-order valence-electron chi connectivity index (χ4n) is 2.36. The summed E-state index contributed by atoms with van der Waals surface area (Å²) in [5.41, 5.74) is 1.80. The van der Waals surface area contributed by atoms with Crippen LogP contribution in [0.2, 0.25) is 5.02 Å². The van der Waals surface area contributed by atoms with E-state index >= 15 is 0 Å². The highest BCUT2D eigenvalue weighted by atomic mass is 35.5. The minimum Gasteiger partial charge on any atom is -0.393 e. The molecule has 1 atom stereocenters. The van der Waals surface area contributed by atoms with E-state index in [9.17, 15) is 5.11 Å². The Morgan fingerprint density at radius 3 is 2.95 bits per heavy atom. The fraction of sp³-hybridized carbons (Fsp3) is 0.533. The second-order valence-corrected chi connectivity index (χ2v) is 6.40. The summed E-state index contributed by atoms with van der Waals surface area (Å²) < 4.78 is 1.89. The van der Waals surface area contributed by atoms with E-state index in [1.54, 1.807) is 11.3 Å². The van der Waals surface area contributed by atoms with Gasteiger partial charge in [0.25, 0.3) is 0 Å². The largest absolute Gasteiger partial charge is 0.393 e. The van der Waals surface area contributed by atoms with Crippen LogP contribution in [0.5, 0.6) is 0 Å². The summed E-state index contributed by atoms with van der Waals surface area (Å²) in [6, 6.07) is 4.21. The first-order chi connectivity index (χ1) is 9.61. The van der Waals surface area contributed by atoms with Gasteiger partial charge >= 0.3 is 0 Å². The number of rotatable bonds is 7. The number of halogens is 1. The summed E-state index contributed by atoms with van der Waals surface area (Å²) in [5, 5.41) is 17.4. The van der Waals surface area contributed by atoms with Gasteiger partial charge < -0.3 is 5.11 Å². The van der Waals surface area contributed by atoms with Crippen LogP contribution in [-0.4, -0.2) is 21.0 Å². The SMILES string of the molecule is CCn1nc(C)c(Cl)c1CC(O)CCCc1cccs1. The Bertz CT molecular complexity index is 536. The average Bonchev–Trinajstić information content (AvgIpc) is 3.02. The van der Waals surface area contributed by atoms with E-state index in [-0.39, 0.29) is 6.10 Å². The van der Waals surface area contributed by atoms with Gasteiger partial charge in [0, 0.05) is 17.8 Å². The number of nitrogens with zero attached hydrogens (tertiary/aromatic N) is 2. The summed E-state index contributed by atoms with van der Waals surface area (Å²) in [4.78, 5) is 1.38. The Balaban J connectivity index is 1.86. The van der Waals surface area contributed by atoms with Crippen LogP contribution in [0.1, 0.15) is 36.0 Å². The number of hydrogen-bond acceptors (Lipinski definition) is 3. The first-order valence-electron chi connectivity index (χ1n) is 7.04. The molecule has 0 saturated carbocycles. The van der Waals surface area contributed by atoms with Gasteiger partial charge in [-0.1, -0.05) is 17.7 Å². The van der Waals surface area contributed by atoms with Gasteiger partial charge in [-0.05, 0) is 44.6 Å². The van der Waals surface area contributed by atoms with E-state index in [0.29, 0.717) is 11.4 Å². The molecule has 0 aliphatic carbocycles. The number of aromatic nitrogens is 2. The number of thiophene rings is 1. The van der Waals surface area contributed by atoms with Crippen LogP contribution >= 0.6 is 22.9 Å². The quantitative estimate of drug-likeness (QED) is 0.843. The summed E-state index contributed by atoms with van der Waals surface area (Å²) in [7, 11) is 0. The number of aliphatic hydroxyl groups is 1. The van der Waals surface area contributed by atoms with Gasteiger partial charge in [0.2, 0.25) is 0 Å². The van der Waals surface area contributed by atoms with E-state index in [0.717, 1.165) is 37.2 Å². The fourth-order valence-corrected chi connectivity index (χ4v) is 3.32. The summed E-state index contributed by atoms with van der Waals surface area (Å²) in [5.74, 6) is 0. The third-order valence-corrected chi connectivity index (χ3v) is 4.85. The maximum atomic E-state index is 10.2. The van der Waals surface area contributed by atoms with Gasteiger partial charge in [0.05, 0.1) is 22.5 Å². The van der Waals surface area contributed by atoms with Gasteiger partial charge in [-0.15, -0.1) is 11.3 Å². The number of aliphatic hydroxyl groups excluding tert-OH is 1.